The van der Waals surface area contributed by atoms with E-state index in [0.717, 1.165) is 0 Å². The van der Waals surface area contributed by atoms with Crippen molar-refractivity contribution in [2.75, 3.05) is 6.54 Å². The van der Waals surface area contributed by atoms with Crippen molar-refractivity contribution in [2.45, 2.75) is 97.0 Å². The number of aliphatic carboxylic acids is 1. The number of nitrogens with two attached hydrogens (primary N) is 2. The predicted octanol–water partition coefficient (Wildman–Crippen LogP) is -0.545. The minimum absolute atomic E-state index is 0.0309. The number of hydrogen-bond acceptors (Lipinski definition) is 7. The van der Waals surface area contributed by atoms with Crippen LogP contribution in [0, 0.1) is 11.8 Å². The van der Waals surface area contributed by atoms with Gasteiger partial charge in [0.2, 0.25) is 17.7 Å². The first-order valence-electron chi connectivity index (χ1n) is 11.6. The molecule has 0 aliphatic heterocycles. The standard InChI is InChI=1S/C22H43N5O6/c1-12(2)10-16(19(29)25-15(22(32)33)8-6-7-9-23)26-20(30)17(11-13(3)4)27-21(31)18(24)14(5)28/h12-18,28H,6-11,23-24H2,1-5H3,(H,25,29)(H,26,30)(H,27,31)(H,32,33). The van der Waals surface area contributed by atoms with E-state index in [0.29, 0.717) is 19.4 Å². The molecule has 0 aromatic carbocycles. The third kappa shape index (κ3) is 12.5. The van der Waals surface area contributed by atoms with Gasteiger partial charge in [-0.15, -0.1) is 0 Å². The molecule has 11 nitrogen and oxygen atoms in total. The number of aliphatic hydroxyl groups excluding tert-OH is 1. The molecule has 9 N–H and O–H groups in total. The van der Waals surface area contributed by atoms with Gasteiger partial charge in [0.1, 0.15) is 24.2 Å². The Labute approximate surface area is 196 Å². The molecular weight excluding hydrogens is 430 g/mol. The maximum Gasteiger partial charge on any atom is 0.326 e. The van der Waals surface area contributed by atoms with E-state index in [1.54, 1.807) is 0 Å². The Kier molecular flexibility index (Phi) is 14.5. The van der Waals surface area contributed by atoms with Crippen LogP contribution in [-0.4, -0.2) is 70.7 Å². The molecule has 0 spiro atoms. The van der Waals surface area contributed by atoms with E-state index in [1.807, 2.05) is 27.7 Å². The lowest BCUT2D eigenvalue weighted by Crippen LogP contribution is -2.58. The van der Waals surface area contributed by atoms with E-state index in [1.165, 1.54) is 6.92 Å². The minimum Gasteiger partial charge on any atom is -0.480 e. The molecule has 0 bridgehead atoms. The van der Waals surface area contributed by atoms with Gasteiger partial charge in [-0.3, -0.25) is 14.4 Å². The Hall–Kier alpha value is -2.24. The zero-order chi connectivity index (χ0) is 25.7. The van der Waals surface area contributed by atoms with Gasteiger partial charge in [0.25, 0.3) is 0 Å². The fraction of sp³-hybridized carbons (Fsp3) is 0.818. The highest BCUT2D eigenvalue weighted by Gasteiger charge is 2.31. The molecule has 0 aliphatic carbocycles. The first-order valence-corrected chi connectivity index (χ1v) is 11.6. The van der Waals surface area contributed by atoms with Crippen LogP contribution in [0.5, 0.6) is 0 Å². The van der Waals surface area contributed by atoms with Crippen molar-refractivity contribution in [2.24, 2.45) is 23.3 Å². The normalized spacial score (nSPS) is 15.9. The Morgan fingerprint density at radius 2 is 1.18 bits per heavy atom. The second-order valence-corrected chi connectivity index (χ2v) is 9.33. The summed E-state index contributed by atoms with van der Waals surface area (Å²) in [4.78, 5) is 49.7. The largest absolute Gasteiger partial charge is 0.480 e. The molecule has 192 valence electrons. The molecule has 0 radical (unpaired) electrons. The first kappa shape index (κ1) is 30.8. The lowest BCUT2D eigenvalue weighted by atomic mass is 9.99. The van der Waals surface area contributed by atoms with Crippen molar-refractivity contribution in [1.82, 2.24) is 16.0 Å². The van der Waals surface area contributed by atoms with E-state index in [9.17, 15) is 29.4 Å². The summed E-state index contributed by atoms with van der Waals surface area (Å²) in [6.07, 6.45) is 0.876. The second kappa shape index (κ2) is 15.6. The minimum atomic E-state index is -1.20. The van der Waals surface area contributed by atoms with Crippen LogP contribution in [0.3, 0.4) is 0 Å². The lowest BCUT2D eigenvalue weighted by molar-refractivity contribution is -0.142. The summed E-state index contributed by atoms with van der Waals surface area (Å²) >= 11 is 0. The van der Waals surface area contributed by atoms with Crippen molar-refractivity contribution in [3.05, 3.63) is 0 Å². The van der Waals surface area contributed by atoms with Gasteiger partial charge in [-0.25, -0.2) is 4.79 Å². The van der Waals surface area contributed by atoms with Gasteiger partial charge < -0.3 is 37.6 Å². The molecule has 0 aromatic heterocycles. The molecule has 0 saturated heterocycles. The average molecular weight is 474 g/mol. The Morgan fingerprint density at radius 3 is 1.55 bits per heavy atom. The fourth-order valence-corrected chi connectivity index (χ4v) is 3.19. The van der Waals surface area contributed by atoms with E-state index >= 15 is 0 Å². The maximum atomic E-state index is 13.0. The van der Waals surface area contributed by atoms with Gasteiger partial charge in [0, 0.05) is 0 Å². The summed E-state index contributed by atoms with van der Waals surface area (Å²) < 4.78 is 0. The number of carbonyl (C=O) groups is 4. The lowest BCUT2D eigenvalue weighted by Gasteiger charge is -2.27. The zero-order valence-electron chi connectivity index (χ0n) is 20.5. The topological polar surface area (TPSA) is 197 Å². The van der Waals surface area contributed by atoms with Gasteiger partial charge in [-0.2, -0.15) is 0 Å². The van der Waals surface area contributed by atoms with E-state index in [2.05, 4.69) is 16.0 Å². The Morgan fingerprint density at radius 1 is 0.758 bits per heavy atom. The fourth-order valence-electron chi connectivity index (χ4n) is 3.19. The number of amides is 3. The number of rotatable bonds is 16. The number of nitrogens with one attached hydrogen (secondary N) is 3. The monoisotopic (exact) mass is 473 g/mol. The molecule has 11 heteroatoms. The highest BCUT2D eigenvalue weighted by Crippen LogP contribution is 2.10. The van der Waals surface area contributed by atoms with Crippen LogP contribution in [0.2, 0.25) is 0 Å². The van der Waals surface area contributed by atoms with E-state index < -0.39 is 54.0 Å². The smallest absolute Gasteiger partial charge is 0.326 e. The molecule has 3 amide bonds. The summed E-state index contributed by atoms with van der Waals surface area (Å²) in [5, 5.41) is 26.7. The zero-order valence-corrected chi connectivity index (χ0v) is 20.5. The van der Waals surface area contributed by atoms with Gasteiger partial charge in [-0.05, 0) is 57.4 Å². The maximum absolute atomic E-state index is 13.0. The van der Waals surface area contributed by atoms with Crippen LogP contribution < -0.4 is 27.4 Å². The molecule has 0 heterocycles. The molecule has 0 rings (SSSR count). The second-order valence-electron chi connectivity index (χ2n) is 9.33. The van der Waals surface area contributed by atoms with Crippen LogP contribution in [0.4, 0.5) is 0 Å². The number of unbranched alkanes of at least 4 members (excludes halogenated alkanes) is 1. The molecule has 0 aliphatic rings. The van der Waals surface area contributed by atoms with Gasteiger partial charge >= 0.3 is 5.97 Å². The third-order valence-corrected chi connectivity index (χ3v) is 5.06. The molecule has 5 atom stereocenters. The summed E-state index contributed by atoms with van der Waals surface area (Å²) in [6, 6.07) is -4.24. The number of carbonyl (C=O) groups excluding carboxylic acids is 3. The quantitative estimate of drug-likeness (QED) is 0.145. The van der Waals surface area contributed by atoms with Crippen LogP contribution in [0.15, 0.2) is 0 Å². The molecular formula is C22H43N5O6. The summed E-state index contributed by atoms with van der Waals surface area (Å²) in [5.41, 5.74) is 11.1. The van der Waals surface area contributed by atoms with Crippen molar-refractivity contribution >= 4 is 23.7 Å². The van der Waals surface area contributed by atoms with E-state index in [4.69, 9.17) is 11.5 Å². The number of carboxylic acid groups (broad SMARTS) is 1. The number of hydrogen-bond donors (Lipinski definition) is 7. The summed E-state index contributed by atoms with van der Waals surface area (Å²) in [6.45, 7) is 9.29. The molecule has 0 aromatic rings. The SMILES string of the molecule is CC(C)CC(NC(=O)C(CC(C)C)NC(=O)C(N)C(C)O)C(=O)NC(CCCCN)C(=O)O. The highest BCUT2D eigenvalue weighted by molar-refractivity contribution is 5.94. The Bertz CT molecular complexity index is 641. The van der Waals surface area contributed by atoms with Crippen LogP contribution >= 0.6 is 0 Å². The van der Waals surface area contributed by atoms with Crippen molar-refractivity contribution in [3.8, 4) is 0 Å². The van der Waals surface area contributed by atoms with E-state index in [-0.39, 0.29) is 31.1 Å². The van der Waals surface area contributed by atoms with Crippen LogP contribution in [-0.2, 0) is 19.2 Å². The van der Waals surface area contributed by atoms with Crippen molar-refractivity contribution in [3.63, 3.8) is 0 Å². The number of carboxylic acids is 1. The average Bonchev–Trinajstić information content (AvgIpc) is 2.70. The highest BCUT2D eigenvalue weighted by atomic mass is 16.4. The van der Waals surface area contributed by atoms with Gasteiger partial charge in [0.05, 0.1) is 6.10 Å². The molecule has 0 fully saturated rings. The van der Waals surface area contributed by atoms with Crippen molar-refractivity contribution in [1.29, 1.82) is 0 Å². The van der Waals surface area contributed by atoms with Crippen LogP contribution in [0.25, 0.3) is 0 Å². The number of aliphatic hydroxyl groups is 1. The van der Waals surface area contributed by atoms with Crippen molar-refractivity contribution < 1.29 is 29.4 Å². The molecule has 0 saturated carbocycles. The molecule has 5 unspecified atom stereocenters. The molecule has 33 heavy (non-hydrogen) atoms. The summed E-state index contributed by atoms with van der Waals surface area (Å²) in [5.74, 6) is -2.95. The first-order chi connectivity index (χ1) is 15.3. The van der Waals surface area contributed by atoms with Gasteiger partial charge in [-0.1, -0.05) is 27.7 Å². The van der Waals surface area contributed by atoms with Crippen LogP contribution in [0.1, 0.15) is 66.7 Å². The Balaban J connectivity index is 5.46. The summed E-state index contributed by atoms with van der Waals surface area (Å²) in [7, 11) is 0. The predicted molar refractivity (Wildman–Crippen MR) is 125 cm³/mol. The third-order valence-electron chi connectivity index (χ3n) is 5.06. The van der Waals surface area contributed by atoms with Gasteiger partial charge in [0.15, 0.2) is 0 Å².